The van der Waals surface area contributed by atoms with Crippen molar-refractivity contribution in [1.29, 1.82) is 0 Å². The van der Waals surface area contributed by atoms with Crippen LogP contribution in [0.1, 0.15) is 19.8 Å². The molecule has 0 bridgehead atoms. The summed E-state index contributed by atoms with van der Waals surface area (Å²) in [6.45, 7) is 7.17. The molecular formula is C18H25N5. The fourth-order valence-corrected chi connectivity index (χ4v) is 2.84. The maximum atomic E-state index is 4.45. The Morgan fingerprint density at radius 3 is 2.48 bits per heavy atom. The first-order valence-corrected chi connectivity index (χ1v) is 8.47. The van der Waals surface area contributed by atoms with E-state index in [4.69, 9.17) is 0 Å². The summed E-state index contributed by atoms with van der Waals surface area (Å²) in [5.74, 6) is 1.95. The van der Waals surface area contributed by atoms with E-state index in [9.17, 15) is 0 Å². The van der Waals surface area contributed by atoms with Crippen LogP contribution in [0.4, 0.5) is 17.3 Å². The van der Waals surface area contributed by atoms with Gasteiger partial charge in [0.05, 0.1) is 0 Å². The Hall–Kier alpha value is -2.30. The number of benzene rings is 1. The Kier molecular flexibility index (Phi) is 5.29. The van der Waals surface area contributed by atoms with Gasteiger partial charge in [0.25, 0.3) is 0 Å². The molecular weight excluding hydrogens is 286 g/mol. The highest BCUT2D eigenvalue weighted by Crippen LogP contribution is 2.20. The van der Waals surface area contributed by atoms with Crippen molar-refractivity contribution in [2.75, 3.05) is 47.8 Å². The van der Waals surface area contributed by atoms with Gasteiger partial charge in [0.2, 0.25) is 0 Å². The lowest BCUT2D eigenvalue weighted by molar-refractivity contribution is 0.647. The molecule has 0 spiro atoms. The van der Waals surface area contributed by atoms with E-state index in [1.807, 2.05) is 0 Å². The quantitative estimate of drug-likeness (QED) is 0.831. The number of rotatable bonds is 6. The maximum absolute atomic E-state index is 4.45. The Labute approximate surface area is 138 Å². The highest BCUT2D eigenvalue weighted by atomic mass is 15.3. The lowest BCUT2D eigenvalue weighted by Crippen LogP contribution is -2.46. The molecule has 2 heterocycles. The molecule has 0 amide bonds. The summed E-state index contributed by atoms with van der Waals surface area (Å²) in [5.41, 5.74) is 1.30. The van der Waals surface area contributed by atoms with E-state index >= 15 is 0 Å². The SMILES string of the molecule is CCCCNc1cc(N2CCN(c3ccccc3)CC2)ncn1. The largest absolute Gasteiger partial charge is 0.370 e. The molecule has 2 aromatic rings. The van der Waals surface area contributed by atoms with E-state index in [1.54, 1.807) is 6.33 Å². The molecule has 1 fully saturated rings. The van der Waals surface area contributed by atoms with Gasteiger partial charge in [-0.3, -0.25) is 0 Å². The Balaban J connectivity index is 1.58. The number of aromatic nitrogens is 2. The molecule has 1 aromatic carbocycles. The first kappa shape index (κ1) is 15.6. The molecule has 1 aliphatic heterocycles. The zero-order chi connectivity index (χ0) is 15.9. The van der Waals surface area contributed by atoms with Gasteiger partial charge >= 0.3 is 0 Å². The van der Waals surface area contributed by atoms with E-state index in [0.717, 1.165) is 50.8 Å². The molecule has 0 aliphatic carbocycles. The van der Waals surface area contributed by atoms with E-state index < -0.39 is 0 Å². The minimum absolute atomic E-state index is 0.925. The molecule has 3 rings (SSSR count). The number of nitrogens with zero attached hydrogens (tertiary/aromatic N) is 4. The summed E-state index contributed by atoms with van der Waals surface area (Å²) < 4.78 is 0. The first-order valence-electron chi connectivity index (χ1n) is 8.47. The van der Waals surface area contributed by atoms with Gasteiger partial charge in [0.15, 0.2) is 0 Å². The molecule has 0 radical (unpaired) electrons. The van der Waals surface area contributed by atoms with Gasteiger partial charge in [-0.05, 0) is 18.6 Å². The average Bonchev–Trinajstić information content (AvgIpc) is 2.63. The number of nitrogens with one attached hydrogen (secondary N) is 1. The summed E-state index contributed by atoms with van der Waals surface area (Å²) in [5, 5.41) is 3.37. The monoisotopic (exact) mass is 311 g/mol. The number of anilines is 3. The minimum atomic E-state index is 0.925. The van der Waals surface area contributed by atoms with E-state index in [0.29, 0.717) is 0 Å². The lowest BCUT2D eigenvalue weighted by atomic mass is 10.2. The molecule has 0 saturated carbocycles. The van der Waals surface area contributed by atoms with Crippen molar-refractivity contribution in [3.8, 4) is 0 Å². The van der Waals surface area contributed by atoms with Gasteiger partial charge in [0, 0.05) is 44.5 Å². The molecule has 1 N–H and O–H groups in total. The van der Waals surface area contributed by atoms with Crippen molar-refractivity contribution in [1.82, 2.24) is 9.97 Å². The third-order valence-electron chi connectivity index (χ3n) is 4.21. The number of hydrogen-bond acceptors (Lipinski definition) is 5. The first-order chi connectivity index (χ1) is 11.4. The highest BCUT2D eigenvalue weighted by molar-refractivity contribution is 5.52. The zero-order valence-electron chi connectivity index (χ0n) is 13.8. The summed E-state index contributed by atoms with van der Waals surface area (Å²) in [4.78, 5) is 13.5. The van der Waals surface area contributed by atoms with Gasteiger partial charge in [0.1, 0.15) is 18.0 Å². The van der Waals surface area contributed by atoms with Crippen LogP contribution in [0.2, 0.25) is 0 Å². The van der Waals surface area contributed by atoms with Crippen molar-refractivity contribution in [2.24, 2.45) is 0 Å². The normalized spacial score (nSPS) is 14.8. The topological polar surface area (TPSA) is 44.3 Å². The number of piperazine rings is 1. The number of unbranched alkanes of at least 4 members (excludes halogenated alkanes) is 1. The maximum Gasteiger partial charge on any atom is 0.134 e. The second kappa shape index (κ2) is 7.81. The van der Waals surface area contributed by atoms with Crippen LogP contribution in [0.5, 0.6) is 0 Å². The van der Waals surface area contributed by atoms with Crippen LogP contribution in [0.3, 0.4) is 0 Å². The van der Waals surface area contributed by atoms with Crippen LogP contribution in [0.25, 0.3) is 0 Å². The fourth-order valence-electron chi connectivity index (χ4n) is 2.84. The van der Waals surface area contributed by atoms with Crippen LogP contribution in [0.15, 0.2) is 42.7 Å². The Morgan fingerprint density at radius 1 is 1.00 bits per heavy atom. The molecule has 1 saturated heterocycles. The van der Waals surface area contributed by atoms with Crippen LogP contribution in [-0.4, -0.2) is 42.7 Å². The predicted molar refractivity (Wildman–Crippen MR) is 96.3 cm³/mol. The van der Waals surface area contributed by atoms with Crippen LogP contribution < -0.4 is 15.1 Å². The van der Waals surface area contributed by atoms with Crippen LogP contribution in [-0.2, 0) is 0 Å². The second-order valence-corrected chi connectivity index (χ2v) is 5.85. The van der Waals surface area contributed by atoms with Crippen molar-refractivity contribution >= 4 is 17.3 Å². The summed E-state index contributed by atoms with van der Waals surface area (Å²) in [6.07, 6.45) is 4.01. The summed E-state index contributed by atoms with van der Waals surface area (Å²) in [6, 6.07) is 12.7. The smallest absolute Gasteiger partial charge is 0.134 e. The van der Waals surface area contributed by atoms with Crippen LogP contribution >= 0.6 is 0 Å². The molecule has 23 heavy (non-hydrogen) atoms. The van der Waals surface area contributed by atoms with E-state index in [-0.39, 0.29) is 0 Å². The highest BCUT2D eigenvalue weighted by Gasteiger charge is 2.18. The van der Waals surface area contributed by atoms with Gasteiger partial charge in [-0.2, -0.15) is 0 Å². The Morgan fingerprint density at radius 2 is 1.74 bits per heavy atom. The van der Waals surface area contributed by atoms with Crippen LogP contribution in [0, 0.1) is 0 Å². The van der Waals surface area contributed by atoms with Crippen molar-refractivity contribution in [3.05, 3.63) is 42.7 Å². The van der Waals surface area contributed by atoms with E-state index in [2.05, 4.69) is 68.4 Å². The van der Waals surface area contributed by atoms with E-state index in [1.165, 1.54) is 12.1 Å². The molecule has 5 nitrogen and oxygen atoms in total. The zero-order valence-corrected chi connectivity index (χ0v) is 13.8. The Bertz CT molecular complexity index is 593. The minimum Gasteiger partial charge on any atom is -0.370 e. The predicted octanol–water partition coefficient (Wildman–Crippen LogP) is 3.02. The van der Waals surface area contributed by atoms with Crippen molar-refractivity contribution < 1.29 is 0 Å². The third-order valence-corrected chi connectivity index (χ3v) is 4.21. The standard InChI is InChI=1S/C18H25N5/c1-2-3-9-19-17-14-18(21-15-20-17)23-12-10-22(11-13-23)16-7-5-4-6-8-16/h4-8,14-15H,2-3,9-13H2,1H3,(H,19,20,21). The molecule has 0 atom stereocenters. The second-order valence-electron chi connectivity index (χ2n) is 5.85. The molecule has 5 heteroatoms. The number of hydrogen-bond donors (Lipinski definition) is 1. The van der Waals surface area contributed by atoms with Crippen molar-refractivity contribution in [3.63, 3.8) is 0 Å². The van der Waals surface area contributed by atoms with Gasteiger partial charge in [-0.25, -0.2) is 9.97 Å². The molecule has 122 valence electrons. The average molecular weight is 311 g/mol. The van der Waals surface area contributed by atoms with Crippen molar-refractivity contribution in [2.45, 2.75) is 19.8 Å². The number of para-hydroxylation sites is 1. The molecule has 1 aromatic heterocycles. The fraction of sp³-hybridized carbons (Fsp3) is 0.444. The molecule has 0 unspecified atom stereocenters. The van der Waals surface area contributed by atoms with Gasteiger partial charge in [-0.1, -0.05) is 31.5 Å². The molecule has 1 aliphatic rings. The van der Waals surface area contributed by atoms with Gasteiger partial charge < -0.3 is 15.1 Å². The van der Waals surface area contributed by atoms with Gasteiger partial charge in [-0.15, -0.1) is 0 Å². The summed E-state index contributed by atoms with van der Waals surface area (Å²) >= 11 is 0. The lowest BCUT2D eigenvalue weighted by Gasteiger charge is -2.36. The summed E-state index contributed by atoms with van der Waals surface area (Å²) in [7, 11) is 0. The third kappa shape index (κ3) is 4.12.